The molecule has 1 atom stereocenters. The number of fused-ring (bicyclic) bond motifs is 1. The molecule has 1 saturated heterocycles. The SMILES string of the molecule is CC[C@@H](C)Cc1ncc2c(OC3CCN(C)CC3)ncc(C3CCC(O)CC3)c2n1. The van der Waals surface area contributed by atoms with Gasteiger partial charge in [0, 0.05) is 37.5 Å². The maximum Gasteiger partial charge on any atom is 0.224 e. The Labute approximate surface area is 180 Å². The topological polar surface area (TPSA) is 71.4 Å². The number of aliphatic hydroxyl groups is 1. The lowest BCUT2D eigenvalue weighted by Crippen LogP contribution is -2.35. The van der Waals surface area contributed by atoms with E-state index in [1.54, 1.807) is 0 Å². The molecule has 0 aromatic carbocycles. The number of likely N-dealkylation sites (tertiary alicyclic amines) is 1. The zero-order valence-corrected chi connectivity index (χ0v) is 18.7. The molecular weight excluding hydrogens is 376 g/mol. The van der Waals surface area contributed by atoms with Crippen LogP contribution in [0, 0.1) is 5.92 Å². The van der Waals surface area contributed by atoms with Crippen molar-refractivity contribution in [1.29, 1.82) is 0 Å². The molecule has 2 fully saturated rings. The molecule has 164 valence electrons. The van der Waals surface area contributed by atoms with Crippen LogP contribution in [0.15, 0.2) is 12.4 Å². The molecule has 4 rings (SSSR count). The van der Waals surface area contributed by atoms with Crippen LogP contribution in [0.3, 0.4) is 0 Å². The average Bonchev–Trinajstić information content (AvgIpc) is 2.76. The first-order valence-electron chi connectivity index (χ1n) is 11.7. The fourth-order valence-corrected chi connectivity index (χ4v) is 4.65. The smallest absolute Gasteiger partial charge is 0.224 e. The third-order valence-electron chi connectivity index (χ3n) is 6.97. The van der Waals surface area contributed by atoms with Crippen molar-refractivity contribution >= 4 is 10.9 Å². The van der Waals surface area contributed by atoms with Gasteiger partial charge in [0.25, 0.3) is 0 Å². The Morgan fingerprint density at radius 1 is 1.10 bits per heavy atom. The number of hydrogen-bond donors (Lipinski definition) is 1. The van der Waals surface area contributed by atoms with Crippen molar-refractivity contribution in [2.45, 2.75) is 83.3 Å². The third-order valence-corrected chi connectivity index (χ3v) is 6.97. The standard InChI is InChI=1S/C24H36N4O2/c1-4-16(2)13-22-25-15-21-23(27-22)20(17-5-7-18(29)8-6-17)14-26-24(21)30-19-9-11-28(3)12-10-19/h14-19,29H,4-13H2,1-3H3/t16-,17?,18?/m1/s1. The molecule has 3 heterocycles. The van der Waals surface area contributed by atoms with E-state index in [0.717, 1.165) is 81.2 Å². The van der Waals surface area contributed by atoms with Gasteiger partial charge in [-0.1, -0.05) is 20.3 Å². The lowest BCUT2D eigenvalue weighted by Gasteiger charge is -2.30. The summed E-state index contributed by atoms with van der Waals surface area (Å²) < 4.78 is 6.36. The summed E-state index contributed by atoms with van der Waals surface area (Å²) in [5.41, 5.74) is 2.20. The van der Waals surface area contributed by atoms with Crippen LogP contribution < -0.4 is 4.74 Å². The Bertz CT molecular complexity index is 842. The Hall–Kier alpha value is -1.79. The second-order valence-electron chi connectivity index (χ2n) is 9.41. The summed E-state index contributed by atoms with van der Waals surface area (Å²) in [6.45, 7) is 6.57. The van der Waals surface area contributed by atoms with Crippen molar-refractivity contribution in [2.75, 3.05) is 20.1 Å². The van der Waals surface area contributed by atoms with E-state index in [-0.39, 0.29) is 12.2 Å². The van der Waals surface area contributed by atoms with E-state index < -0.39 is 0 Å². The summed E-state index contributed by atoms with van der Waals surface area (Å²) in [7, 11) is 2.16. The molecule has 1 N–H and O–H groups in total. The van der Waals surface area contributed by atoms with Crippen molar-refractivity contribution in [1.82, 2.24) is 19.9 Å². The molecule has 1 saturated carbocycles. The van der Waals surface area contributed by atoms with Crippen LogP contribution in [0.2, 0.25) is 0 Å². The Kier molecular flexibility index (Phi) is 6.84. The van der Waals surface area contributed by atoms with E-state index in [9.17, 15) is 5.11 Å². The number of nitrogens with zero attached hydrogens (tertiary/aromatic N) is 4. The van der Waals surface area contributed by atoms with Crippen molar-refractivity contribution in [3.63, 3.8) is 0 Å². The molecule has 6 heteroatoms. The average molecular weight is 413 g/mol. The molecule has 30 heavy (non-hydrogen) atoms. The Morgan fingerprint density at radius 2 is 1.83 bits per heavy atom. The first kappa shape index (κ1) is 21.4. The normalized spacial score (nSPS) is 24.8. The van der Waals surface area contributed by atoms with Gasteiger partial charge in [-0.05, 0) is 57.4 Å². The van der Waals surface area contributed by atoms with Crippen molar-refractivity contribution < 1.29 is 9.84 Å². The van der Waals surface area contributed by atoms with E-state index >= 15 is 0 Å². The van der Waals surface area contributed by atoms with Gasteiger partial charge < -0.3 is 14.7 Å². The largest absolute Gasteiger partial charge is 0.474 e. The zero-order chi connectivity index (χ0) is 21.1. The minimum absolute atomic E-state index is 0.164. The van der Waals surface area contributed by atoms with E-state index in [0.29, 0.717) is 17.7 Å². The predicted octanol–water partition coefficient (Wildman–Crippen LogP) is 4.10. The molecule has 0 bridgehead atoms. The maximum absolute atomic E-state index is 9.94. The molecule has 0 spiro atoms. The molecule has 2 aromatic heterocycles. The summed E-state index contributed by atoms with van der Waals surface area (Å²) in [5, 5.41) is 10.9. The van der Waals surface area contributed by atoms with Gasteiger partial charge in [-0.3, -0.25) is 0 Å². The maximum atomic E-state index is 9.94. The number of ether oxygens (including phenoxy) is 1. The quantitative estimate of drug-likeness (QED) is 0.770. The number of rotatable bonds is 6. The van der Waals surface area contributed by atoms with Crippen LogP contribution in [0.25, 0.3) is 10.9 Å². The molecule has 2 aromatic rings. The number of hydrogen-bond acceptors (Lipinski definition) is 6. The highest BCUT2D eigenvalue weighted by molar-refractivity contribution is 5.85. The summed E-state index contributed by atoms with van der Waals surface area (Å²) in [5.74, 6) is 2.54. The zero-order valence-electron chi connectivity index (χ0n) is 18.7. The lowest BCUT2D eigenvalue weighted by atomic mass is 9.82. The summed E-state index contributed by atoms with van der Waals surface area (Å²) in [6, 6.07) is 0. The summed E-state index contributed by atoms with van der Waals surface area (Å²) in [4.78, 5) is 16.8. The van der Waals surface area contributed by atoms with Gasteiger partial charge in [-0.2, -0.15) is 0 Å². The van der Waals surface area contributed by atoms with Gasteiger partial charge >= 0.3 is 0 Å². The van der Waals surface area contributed by atoms with Crippen LogP contribution in [0.4, 0.5) is 0 Å². The fourth-order valence-electron chi connectivity index (χ4n) is 4.65. The Balaban J connectivity index is 1.66. The van der Waals surface area contributed by atoms with Crippen molar-refractivity contribution in [2.24, 2.45) is 5.92 Å². The van der Waals surface area contributed by atoms with Gasteiger partial charge in [-0.15, -0.1) is 0 Å². The van der Waals surface area contributed by atoms with Gasteiger partial charge in [-0.25, -0.2) is 15.0 Å². The van der Waals surface area contributed by atoms with Crippen LogP contribution in [-0.4, -0.2) is 57.3 Å². The highest BCUT2D eigenvalue weighted by atomic mass is 16.5. The second-order valence-corrected chi connectivity index (χ2v) is 9.41. The number of aliphatic hydroxyl groups excluding tert-OH is 1. The van der Waals surface area contributed by atoms with E-state index in [1.165, 1.54) is 5.56 Å². The summed E-state index contributed by atoms with van der Waals surface area (Å²) >= 11 is 0. The van der Waals surface area contributed by atoms with Gasteiger partial charge in [0.15, 0.2) is 0 Å². The number of piperidine rings is 1. The van der Waals surface area contributed by atoms with Crippen LogP contribution in [-0.2, 0) is 6.42 Å². The van der Waals surface area contributed by atoms with E-state index in [2.05, 4.69) is 30.8 Å². The molecule has 6 nitrogen and oxygen atoms in total. The molecule has 1 aliphatic heterocycles. The highest BCUT2D eigenvalue weighted by Crippen LogP contribution is 2.38. The molecule has 0 radical (unpaired) electrons. The van der Waals surface area contributed by atoms with E-state index in [4.69, 9.17) is 14.7 Å². The van der Waals surface area contributed by atoms with E-state index in [1.807, 2.05) is 12.4 Å². The van der Waals surface area contributed by atoms with Crippen LogP contribution in [0.1, 0.15) is 76.1 Å². The van der Waals surface area contributed by atoms with Crippen molar-refractivity contribution in [3.05, 3.63) is 23.8 Å². The Morgan fingerprint density at radius 3 is 2.53 bits per heavy atom. The number of pyridine rings is 1. The summed E-state index contributed by atoms with van der Waals surface area (Å²) in [6.07, 6.45) is 11.7. The van der Waals surface area contributed by atoms with Gasteiger partial charge in [0.2, 0.25) is 5.88 Å². The molecular formula is C24H36N4O2. The number of aromatic nitrogens is 3. The van der Waals surface area contributed by atoms with Crippen LogP contribution in [0.5, 0.6) is 5.88 Å². The highest BCUT2D eigenvalue weighted by Gasteiger charge is 2.26. The van der Waals surface area contributed by atoms with Crippen molar-refractivity contribution in [3.8, 4) is 5.88 Å². The minimum atomic E-state index is -0.164. The third kappa shape index (κ3) is 4.92. The monoisotopic (exact) mass is 412 g/mol. The molecule has 0 amide bonds. The predicted molar refractivity (Wildman–Crippen MR) is 119 cm³/mol. The van der Waals surface area contributed by atoms with Gasteiger partial charge in [0.05, 0.1) is 17.0 Å². The second kappa shape index (κ2) is 9.56. The lowest BCUT2D eigenvalue weighted by molar-refractivity contribution is 0.111. The molecule has 0 unspecified atom stereocenters. The minimum Gasteiger partial charge on any atom is -0.474 e. The molecule has 1 aliphatic carbocycles. The molecule has 2 aliphatic rings. The van der Waals surface area contributed by atoms with Gasteiger partial charge in [0.1, 0.15) is 11.9 Å². The van der Waals surface area contributed by atoms with Crippen LogP contribution >= 0.6 is 0 Å². The fraction of sp³-hybridized carbons (Fsp3) is 0.708. The first-order valence-corrected chi connectivity index (χ1v) is 11.7. The first-order chi connectivity index (χ1) is 14.5.